The fourth-order valence-corrected chi connectivity index (χ4v) is 6.31. The third kappa shape index (κ3) is 4.85. The highest BCUT2D eigenvalue weighted by Crippen LogP contribution is 2.28. The molecule has 2 aliphatic rings. The Kier molecular flexibility index (Phi) is 6.37. The molecule has 1 saturated heterocycles. The van der Waals surface area contributed by atoms with E-state index in [1.807, 2.05) is 19.9 Å². The summed E-state index contributed by atoms with van der Waals surface area (Å²) in [5.41, 5.74) is 1.29. The van der Waals surface area contributed by atoms with Gasteiger partial charge in [-0.2, -0.15) is 4.31 Å². The maximum absolute atomic E-state index is 12.5. The lowest BCUT2D eigenvalue weighted by atomic mass is 10.1. The number of amides is 1. The number of thiophene rings is 1. The van der Waals surface area contributed by atoms with Crippen LogP contribution >= 0.6 is 11.3 Å². The molecule has 26 heavy (non-hydrogen) atoms. The van der Waals surface area contributed by atoms with E-state index in [2.05, 4.69) is 5.32 Å². The zero-order valence-electron chi connectivity index (χ0n) is 15.5. The Labute approximate surface area is 160 Å². The van der Waals surface area contributed by atoms with Gasteiger partial charge in [-0.15, -0.1) is 11.3 Å². The molecule has 2 heterocycles. The highest BCUT2D eigenvalue weighted by atomic mass is 32.2. The van der Waals surface area contributed by atoms with Gasteiger partial charge in [0, 0.05) is 24.5 Å². The van der Waals surface area contributed by atoms with Crippen molar-refractivity contribution in [3.05, 3.63) is 21.4 Å². The van der Waals surface area contributed by atoms with Crippen molar-refractivity contribution in [2.75, 3.05) is 25.4 Å². The summed E-state index contributed by atoms with van der Waals surface area (Å²) in [6.07, 6.45) is 5.49. The van der Waals surface area contributed by atoms with Crippen molar-refractivity contribution >= 4 is 27.3 Å². The maximum Gasteiger partial charge on any atom is 0.261 e. The third-order valence-corrected chi connectivity index (χ3v) is 7.94. The third-order valence-electron chi connectivity index (χ3n) is 4.90. The van der Waals surface area contributed by atoms with Crippen molar-refractivity contribution in [1.29, 1.82) is 0 Å². The first kappa shape index (κ1) is 19.8. The van der Waals surface area contributed by atoms with Crippen molar-refractivity contribution in [3.63, 3.8) is 0 Å². The van der Waals surface area contributed by atoms with E-state index in [0.717, 1.165) is 12.8 Å². The molecule has 2 atom stereocenters. The van der Waals surface area contributed by atoms with Gasteiger partial charge in [0.05, 0.1) is 22.8 Å². The number of carbonyl (C=O) groups excluding carboxylic acids is 1. The van der Waals surface area contributed by atoms with Crippen LogP contribution in [-0.2, 0) is 27.6 Å². The lowest BCUT2D eigenvalue weighted by Gasteiger charge is -2.34. The normalized spacial score (nSPS) is 24.7. The monoisotopic (exact) mass is 400 g/mol. The second kappa shape index (κ2) is 8.37. The summed E-state index contributed by atoms with van der Waals surface area (Å²) in [4.78, 5) is 14.4. The quantitative estimate of drug-likeness (QED) is 0.769. The summed E-state index contributed by atoms with van der Waals surface area (Å²) in [6, 6.07) is 1.99. The summed E-state index contributed by atoms with van der Waals surface area (Å²) < 4.78 is 32.1. The van der Waals surface area contributed by atoms with Gasteiger partial charge in [0.25, 0.3) is 5.91 Å². The van der Waals surface area contributed by atoms with E-state index in [0.29, 0.717) is 18.0 Å². The number of ether oxygens (including phenoxy) is 1. The Hall–Kier alpha value is -0.960. The molecule has 0 unspecified atom stereocenters. The molecule has 0 aromatic carbocycles. The molecule has 8 heteroatoms. The Morgan fingerprint density at radius 3 is 2.65 bits per heavy atom. The lowest BCUT2D eigenvalue weighted by molar-refractivity contribution is -0.0440. The van der Waals surface area contributed by atoms with Crippen LogP contribution in [-0.4, -0.2) is 56.2 Å². The standard InChI is InChI=1S/C18H28N2O4S2/c1-13-11-20(12-14(2)24-13)26(22,23)9-8-19-18(21)17-10-15-6-4-3-5-7-16(15)25-17/h10,13-14H,3-9,11-12H2,1-2H3,(H,19,21)/t13-,14+. The number of morpholine rings is 1. The van der Waals surface area contributed by atoms with Crippen molar-refractivity contribution in [2.24, 2.45) is 0 Å². The second-order valence-electron chi connectivity index (χ2n) is 7.27. The molecular weight excluding hydrogens is 372 g/mol. The van der Waals surface area contributed by atoms with Crippen molar-refractivity contribution in [2.45, 2.75) is 58.2 Å². The average molecular weight is 401 g/mol. The number of nitrogens with zero attached hydrogens (tertiary/aromatic N) is 1. The molecule has 3 rings (SSSR count). The summed E-state index contributed by atoms with van der Waals surface area (Å²) in [7, 11) is -3.39. The predicted octanol–water partition coefficient (Wildman–Crippen LogP) is 2.19. The number of aryl methyl sites for hydroxylation is 2. The van der Waals surface area contributed by atoms with E-state index >= 15 is 0 Å². The van der Waals surface area contributed by atoms with Crippen LogP contribution in [0.4, 0.5) is 0 Å². The van der Waals surface area contributed by atoms with Crippen LogP contribution in [0.25, 0.3) is 0 Å². The van der Waals surface area contributed by atoms with Crippen LogP contribution in [0.1, 0.15) is 53.2 Å². The summed E-state index contributed by atoms with van der Waals surface area (Å²) in [6.45, 7) is 4.63. The Bertz CT molecular complexity index is 711. The van der Waals surface area contributed by atoms with Crippen LogP contribution in [0.15, 0.2) is 6.07 Å². The van der Waals surface area contributed by atoms with Gasteiger partial charge in [-0.25, -0.2) is 8.42 Å². The Balaban J connectivity index is 1.53. The second-order valence-corrected chi connectivity index (χ2v) is 10.5. The van der Waals surface area contributed by atoms with Gasteiger partial charge in [-0.05, 0) is 51.2 Å². The first-order valence-electron chi connectivity index (χ1n) is 9.38. The van der Waals surface area contributed by atoms with Gasteiger partial charge in [0.1, 0.15) is 0 Å². The highest BCUT2D eigenvalue weighted by molar-refractivity contribution is 7.89. The molecule has 0 spiro atoms. The molecule has 6 nitrogen and oxygen atoms in total. The van der Waals surface area contributed by atoms with Gasteiger partial charge in [0.15, 0.2) is 0 Å². The van der Waals surface area contributed by atoms with Crippen LogP contribution in [0, 0.1) is 0 Å². The fraction of sp³-hybridized carbons (Fsp3) is 0.722. The van der Waals surface area contributed by atoms with Crippen molar-refractivity contribution in [1.82, 2.24) is 9.62 Å². The number of rotatable bonds is 5. The molecule has 1 amide bonds. The summed E-state index contributed by atoms with van der Waals surface area (Å²) in [5, 5.41) is 2.78. The van der Waals surface area contributed by atoms with Gasteiger partial charge in [0.2, 0.25) is 10.0 Å². The largest absolute Gasteiger partial charge is 0.373 e. The van der Waals surface area contributed by atoms with Crippen LogP contribution in [0.5, 0.6) is 0 Å². The molecule has 1 aliphatic carbocycles. The number of hydrogen-bond donors (Lipinski definition) is 1. The molecule has 0 bridgehead atoms. The van der Waals surface area contributed by atoms with E-state index in [1.165, 1.54) is 34.0 Å². The van der Waals surface area contributed by atoms with Crippen LogP contribution in [0.3, 0.4) is 0 Å². The molecule has 1 N–H and O–H groups in total. The van der Waals surface area contributed by atoms with E-state index < -0.39 is 10.0 Å². The molecular formula is C18H28N2O4S2. The van der Waals surface area contributed by atoms with Gasteiger partial charge in [-0.3, -0.25) is 4.79 Å². The molecule has 1 aromatic heterocycles. The van der Waals surface area contributed by atoms with E-state index in [-0.39, 0.29) is 30.4 Å². The fourth-order valence-electron chi connectivity index (χ4n) is 3.65. The molecule has 0 saturated carbocycles. The number of sulfonamides is 1. The van der Waals surface area contributed by atoms with Crippen LogP contribution in [0.2, 0.25) is 0 Å². The summed E-state index contributed by atoms with van der Waals surface area (Å²) in [5.74, 6) is -0.245. The highest BCUT2D eigenvalue weighted by Gasteiger charge is 2.30. The van der Waals surface area contributed by atoms with Gasteiger partial charge >= 0.3 is 0 Å². The van der Waals surface area contributed by atoms with Crippen molar-refractivity contribution in [3.8, 4) is 0 Å². The number of fused-ring (bicyclic) bond motifs is 1. The smallest absolute Gasteiger partial charge is 0.261 e. The van der Waals surface area contributed by atoms with E-state index in [1.54, 1.807) is 11.3 Å². The minimum Gasteiger partial charge on any atom is -0.373 e. The Morgan fingerprint density at radius 2 is 1.92 bits per heavy atom. The van der Waals surface area contributed by atoms with Gasteiger partial charge < -0.3 is 10.1 Å². The minimum atomic E-state index is -3.39. The molecule has 146 valence electrons. The number of hydrogen-bond acceptors (Lipinski definition) is 5. The number of nitrogens with one attached hydrogen (secondary N) is 1. The molecule has 0 radical (unpaired) electrons. The molecule has 1 aromatic rings. The van der Waals surface area contributed by atoms with E-state index in [9.17, 15) is 13.2 Å². The predicted molar refractivity (Wildman–Crippen MR) is 103 cm³/mol. The molecule has 1 fully saturated rings. The Morgan fingerprint density at radius 1 is 1.23 bits per heavy atom. The minimum absolute atomic E-state index is 0.0801. The number of carbonyl (C=O) groups is 1. The lowest BCUT2D eigenvalue weighted by Crippen LogP contribution is -2.49. The van der Waals surface area contributed by atoms with Crippen LogP contribution < -0.4 is 5.32 Å². The zero-order chi connectivity index (χ0) is 18.7. The molecule has 1 aliphatic heterocycles. The SMILES string of the molecule is C[C@@H]1CN(S(=O)(=O)CCNC(=O)c2cc3c(s2)CCCCC3)C[C@H](C)O1. The first-order valence-corrected chi connectivity index (χ1v) is 11.8. The van der Waals surface area contributed by atoms with Crippen molar-refractivity contribution < 1.29 is 17.9 Å². The average Bonchev–Trinajstić information content (AvgIpc) is 2.85. The summed E-state index contributed by atoms with van der Waals surface area (Å²) >= 11 is 1.55. The first-order chi connectivity index (χ1) is 12.3. The topological polar surface area (TPSA) is 75.7 Å². The van der Waals surface area contributed by atoms with E-state index in [4.69, 9.17) is 4.74 Å². The van der Waals surface area contributed by atoms with Gasteiger partial charge in [-0.1, -0.05) is 6.42 Å². The maximum atomic E-state index is 12.5. The zero-order valence-corrected chi connectivity index (χ0v) is 17.1.